The quantitative estimate of drug-likeness (QED) is 0.293. The molecule has 2 amide bonds. The normalized spacial score (nSPS) is 29.8. The molecule has 1 saturated carbocycles. The van der Waals surface area contributed by atoms with Gasteiger partial charge in [0.15, 0.2) is 0 Å². The third-order valence-corrected chi connectivity index (χ3v) is 11.4. The number of piperazine rings is 1. The molecule has 1 aliphatic carbocycles. The monoisotopic (exact) mass is 656 g/mol. The third kappa shape index (κ3) is 5.86. The van der Waals surface area contributed by atoms with Crippen LogP contribution in [0.1, 0.15) is 65.0 Å². The van der Waals surface area contributed by atoms with Crippen molar-refractivity contribution in [3.63, 3.8) is 0 Å². The Morgan fingerprint density at radius 2 is 1.93 bits per heavy atom. The van der Waals surface area contributed by atoms with Gasteiger partial charge in [-0.25, -0.2) is 4.99 Å². The van der Waals surface area contributed by atoms with Crippen molar-refractivity contribution in [2.45, 2.75) is 88.6 Å². The van der Waals surface area contributed by atoms with Crippen LogP contribution in [0.2, 0.25) is 5.02 Å². The largest absolute Gasteiger partial charge is 0.340 e. The SMILES string of the molecule is C=C(C=N/C(Cl)=C\C)C1NC2SC(C(=O)N3C(C(=O)N4CCNC5(CC5)C4)CC[C@H]3C)=C(C(C)C)N2C1c1ccc(Cl)cc1. The summed E-state index contributed by atoms with van der Waals surface area (Å²) in [6.07, 6.45) is 7.20. The number of nitrogens with zero attached hydrogens (tertiary/aromatic N) is 4. The summed E-state index contributed by atoms with van der Waals surface area (Å²) < 4.78 is 0. The fourth-order valence-corrected chi connectivity index (χ4v) is 8.80. The molecule has 8 nitrogen and oxygen atoms in total. The fourth-order valence-electron chi connectivity index (χ4n) is 7.16. The molecule has 44 heavy (non-hydrogen) atoms. The number of thioether (sulfide) groups is 1. The maximum atomic E-state index is 14.6. The smallest absolute Gasteiger partial charge is 0.263 e. The van der Waals surface area contributed by atoms with Crippen LogP contribution in [0.3, 0.4) is 0 Å². The second kappa shape index (κ2) is 12.5. The number of benzene rings is 1. The standard InChI is InChI=1S/C33H42Cl2N6O2S/c1-6-25(35)36-17-20(4)26-28(22-8-10-23(34)11-9-22)41-27(19(2)3)29(44-32(41)38-26)31(43)40-21(5)7-12-24(40)30(42)39-16-15-37-33(18-39)13-14-33/h6,8-11,17,19,21,24,26,28,32,37-38H,4,7,12-16,18H2,1-3,5H3/b25-6-,36-17?/t21-,24?,26?,28?,32?/m1/s1. The number of halogens is 2. The molecule has 4 heterocycles. The molecule has 1 aromatic carbocycles. The topological polar surface area (TPSA) is 80.3 Å². The lowest BCUT2D eigenvalue weighted by Crippen LogP contribution is -2.58. The van der Waals surface area contributed by atoms with Gasteiger partial charge in [-0.3, -0.25) is 14.9 Å². The number of likely N-dealkylation sites (tertiary alicyclic amines) is 1. The van der Waals surface area contributed by atoms with E-state index in [0.29, 0.717) is 23.1 Å². The lowest BCUT2D eigenvalue weighted by atomic mass is 9.93. The van der Waals surface area contributed by atoms with Gasteiger partial charge in [-0.2, -0.15) is 0 Å². The van der Waals surface area contributed by atoms with Crippen molar-refractivity contribution in [3.8, 4) is 0 Å². The zero-order valence-electron chi connectivity index (χ0n) is 25.9. The summed E-state index contributed by atoms with van der Waals surface area (Å²) in [7, 11) is 0. The van der Waals surface area contributed by atoms with Gasteiger partial charge >= 0.3 is 0 Å². The Bertz CT molecular complexity index is 1420. The molecule has 6 rings (SSSR count). The van der Waals surface area contributed by atoms with Gasteiger partial charge in [0.05, 0.1) is 17.0 Å². The van der Waals surface area contributed by atoms with E-state index in [0.717, 1.165) is 54.1 Å². The Balaban J connectivity index is 1.32. The van der Waals surface area contributed by atoms with Crippen LogP contribution in [-0.4, -0.2) is 81.5 Å². The first-order valence-electron chi connectivity index (χ1n) is 15.7. The van der Waals surface area contributed by atoms with E-state index in [4.69, 9.17) is 23.2 Å². The molecule has 0 radical (unpaired) electrons. The molecule has 2 N–H and O–H groups in total. The van der Waals surface area contributed by atoms with Gasteiger partial charge in [0, 0.05) is 48.1 Å². The number of fused-ring (bicyclic) bond motifs is 1. The lowest BCUT2D eigenvalue weighted by Gasteiger charge is -2.38. The molecule has 1 spiro atoms. The molecule has 0 bridgehead atoms. The Morgan fingerprint density at radius 3 is 2.59 bits per heavy atom. The minimum atomic E-state index is -0.427. The number of hydrogen-bond donors (Lipinski definition) is 2. The molecule has 11 heteroatoms. The zero-order chi connectivity index (χ0) is 31.3. The molecule has 3 saturated heterocycles. The molecule has 4 fully saturated rings. The van der Waals surface area contributed by atoms with E-state index >= 15 is 0 Å². The number of carbonyl (C=O) groups excluding carboxylic acids is 2. The number of amides is 2. The Morgan fingerprint density at radius 1 is 1.20 bits per heavy atom. The second-order valence-corrected chi connectivity index (χ2v) is 14.9. The van der Waals surface area contributed by atoms with Crippen molar-refractivity contribution in [2.24, 2.45) is 10.9 Å². The van der Waals surface area contributed by atoms with Crippen LogP contribution in [0.15, 0.2) is 63.2 Å². The maximum absolute atomic E-state index is 14.6. The Labute approximate surface area is 275 Å². The number of rotatable bonds is 7. The summed E-state index contributed by atoms with van der Waals surface area (Å²) in [4.78, 5) is 39.8. The van der Waals surface area contributed by atoms with Gasteiger partial charge in [-0.15, -0.1) is 0 Å². The zero-order valence-corrected chi connectivity index (χ0v) is 28.2. The van der Waals surface area contributed by atoms with Crippen LogP contribution in [0, 0.1) is 5.92 Å². The van der Waals surface area contributed by atoms with E-state index in [1.54, 1.807) is 24.1 Å². The Kier molecular flexibility index (Phi) is 8.98. The first kappa shape index (κ1) is 31.7. The molecular formula is C33H42Cl2N6O2S. The van der Waals surface area contributed by atoms with Gasteiger partial charge in [0.1, 0.15) is 16.7 Å². The Hall–Kier alpha value is -2.30. The number of nitrogens with one attached hydrogen (secondary N) is 2. The minimum absolute atomic E-state index is 0.00803. The van der Waals surface area contributed by atoms with Gasteiger partial charge < -0.3 is 20.0 Å². The van der Waals surface area contributed by atoms with Crippen LogP contribution < -0.4 is 10.6 Å². The van der Waals surface area contributed by atoms with E-state index in [1.165, 1.54) is 0 Å². The predicted molar refractivity (Wildman–Crippen MR) is 179 cm³/mol. The van der Waals surface area contributed by atoms with Gasteiger partial charge in [0.2, 0.25) is 5.91 Å². The molecular weight excluding hydrogens is 615 g/mol. The van der Waals surface area contributed by atoms with E-state index in [1.807, 2.05) is 41.0 Å². The minimum Gasteiger partial charge on any atom is -0.340 e. The van der Waals surface area contributed by atoms with Crippen molar-refractivity contribution in [2.75, 3.05) is 19.6 Å². The van der Waals surface area contributed by atoms with Gasteiger partial charge in [0.25, 0.3) is 5.91 Å². The van der Waals surface area contributed by atoms with Gasteiger partial charge in [-0.1, -0.05) is 73.6 Å². The number of hydrogen-bond acceptors (Lipinski definition) is 7. The molecule has 236 valence electrons. The predicted octanol–water partition coefficient (Wildman–Crippen LogP) is 5.62. The number of carbonyl (C=O) groups is 2. The molecule has 5 aliphatic rings. The van der Waals surface area contributed by atoms with Crippen molar-refractivity contribution < 1.29 is 9.59 Å². The van der Waals surface area contributed by atoms with E-state index in [9.17, 15) is 9.59 Å². The average Bonchev–Trinajstić information content (AvgIpc) is 3.31. The van der Waals surface area contributed by atoms with E-state index in [-0.39, 0.29) is 46.9 Å². The van der Waals surface area contributed by atoms with Gasteiger partial charge in [-0.05, 0) is 68.7 Å². The summed E-state index contributed by atoms with van der Waals surface area (Å²) in [5.74, 6) is 0.121. The van der Waals surface area contributed by atoms with Crippen LogP contribution in [-0.2, 0) is 9.59 Å². The first-order valence-corrected chi connectivity index (χ1v) is 17.3. The van der Waals surface area contributed by atoms with E-state index < -0.39 is 6.04 Å². The van der Waals surface area contributed by atoms with Crippen molar-refractivity contribution in [3.05, 3.63) is 68.8 Å². The molecule has 4 aliphatic heterocycles. The second-order valence-electron chi connectivity index (χ2n) is 13.0. The highest BCUT2D eigenvalue weighted by atomic mass is 35.5. The summed E-state index contributed by atoms with van der Waals surface area (Å²) in [5.41, 5.74) is 2.75. The highest BCUT2D eigenvalue weighted by Gasteiger charge is 2.53. The summed E-state index contributed by atoms with van der Waals surface area (Å²) in [6.45, 7) is 14.8. The highest BCUT2D eigenvalue weighted by Crippen LogP contribution is 2.52. The molecule has 4 unspecified atom stereocenters. The van der Waals surface area contributed by atoms with Crippen molar-refractivity contribution >= 4 is 53.0 Å². The van der Waals surface area contributed by atoms with E-state index in [2.05, 4.69) is 47.9 Å². The summed E-state index contributed by atoms with van der Waals surface area (Å²) >= 11 is 14.0. The van der Waals surface area contributed by atoms with Crippen LogP contribution >= 0.6 is 35.0 Å². The first-order chi connectivity index (χ1) is 21.0. The number of allylic oxidation sites excluding steroid dienone is 2. The average molecular weight is 658 g/mol. The maximum Gasteiger partial charge on any atom is 0.263 e. The number of aliphatic imine (C=N–C) groups is 1. The summed E-state index contributed by atoms with van der Waals surface area (Å²) in [5, 5.41) is 8.39. The highest BCUT2D eigenvalue weighted by molar-refractivity contribution is 8.04. The molecule has 1 aromatic rings. The summed E-state index contributed by atoms with van der Waals surface area (Å²) in [6, 6.07) is 7.10. The third-order valence-electron chi connectivity index (χ3n) is 9.60. The van der Waals surface area contributed by atoms with Crippen molar-refractivity contribution in [1.29, 1.82) is 0 Å². The van der Waals surface area contributed by atoms with Crippen LogP contribution in [0.4, 0.5) is 0 Å². The van der Waals surface area contributed by atoms with Crippen molar-refractivity contribution in [1.82, 2.24) is 25.3 Å². The molecule has 0 aromatic heterocycles. The van der Waals surface area contributed by atoms with Crippen LogP contribution in [0.5, 0.6) is 0 Å². The lowest BCUT2D eigenvalue weighted by molar-refractivity contribution is -0.144. The fraction of sp³-hybridized carbons (Fsp3) is 0.545. The molecule has 5 atom stereocenters. The van der Waals surface area contributed by atoms with Crippen LogP contribution in [0.25, 0.3) is 0 Å².